The summed E-state index contributed by atoms with van der Waals surface area (Å²) < 4.78 is 0. The third kappa shape index (κ3) is 3.80. The first kappa shape index (κ1) is 20.4. The molecule has 2 heterocycles. The van der Waals surface area contributed by atoms with Crippen molar-refractivity contribution in [1.29, 1.82) is 0 Å². The van der Waals surface area contributed by atoms with E-state index in [1.807, 2.05) is 39.3 Å². The monoisotopic (exact) mass is 361 g/mol. The molecule has 4 atom stereocenters. The van der Waals surface area contributed by atoms with E-state index in [-0.39, 0.29) is 30.5 Å². The molecule has 27 heavy (non-hydrogen) atoms. The highest BCUT2D eigenvalue weighted by Gasteiger charge is 2.59. The average molecular weight is 361 g/mol. The molecule has 139 valence electrons. The average Bonchev–Trinajstić information content (AvgIpc) is 3.18. The normalized spacial score (nSPS) is 32.6. The predicted molar refractivity (Wildman–Crippen MR) is 113 cm³/mol. The lowest BCUT2D eigenvalue weighted by atomic mass is 9.62. The molecule has 1 amide bonds. The van der Waals surface area contributed by atoms with E-state index in [2.05, 4.69) is 17.6 Å². The molecule has 1 saturated heterocycles. The number of hydrogen-bond donors (Lipinski definition) is 3. The smallest absolute Gasteiger partial charge is 0.243 e. The molecule has 0 saturated carbocycles. The summed E-state index contributed by atoms with van der Waals surface area (Å²) in [6, 6.07) is 5.45. The van der Waals surface area contributed by atoms with Crippen LogP contribution in [0.25, 0.3) is 0 Å². The van der Waals surface area contributed by atoms with Gasteiger partial charge in [-0.05, 0) is 24.0 Å². The highest BCUT2D eigenvalue weighted by molar-refractivity contribution is 6.80. The SMILES string of the molecule is [B]C1(CCCC)[B]C1([B])c1ccc2c(c1)N[C@@H](C(C)C)C(=O)N[C@H](CO)C2. The molecule has 2 unspecified atom stereocenters. The highest BCUT2D eigenvalue weighted by Crippen LogP contribution is 2.61. The van der Waals surface area contributed by atoms with Gasteiger partial charge in [0.05, 0.1) is 28.3 Å². The van der Waals surface area contributed by atoms with Crippen LogP contribution in [0.3, 0.4) is 0 Å². The van der Waals surface area contributed by atoms with Crippen molar-refractivity contribution < 1.29 is 9.90 Å². The van der Waals surface area contributed by atoms with Gasteiger partial charge < -0.3 is 15.7 Å². The lowest BCUT2D eigenvalue weighted by Gasteiger charge is -2.31. The fourth-order valence-corrected chi connectivity index (χ4v) is 4.04. The lowest BCUT2D eigenvalue weighted by molar-refractivity contribution is -0.123. The van der Waals surface area contributed by atoms with Crippen LogP contribution in [0.15, 0.2) is 18.2 Å². The van der Waals surface area contributed by atoms with Crippen LogP contribution in [-0.2, 0) is 16.4 Å². The number of fused-ring (bicyclic) bond motifs is 1. The summed E-state index contributed by atoms with van der Waals surface area (Å²) in [5.41, 5.74) is 2.93. The number of carbonyl (C=O) groups excluding carboxylic acids is 1. The Bertz CT molecular complexity index is 714. The van der Waals surface area contributed by atoms with Crippen molar-refractivity contribution in [2.45, 2.75) is 69.0 Å². The van der Waals surface area contributed by atoms with E-state index in [0.29, 0.717) is 6.42 Å². The standard InChI is InChI=1S/C20H28B3N2O2/c1-4-5-8-19(21)20(22,23-19)14-7-6-13-9-15(11-26)24-18(27)17(12(2)3)25-16(13)10-14/h6-7,10,12,15,17,25-26H,4-5,8-9,11H2,1-3H3,(H,24,27)/t15-,17-,19?,20?/m0/s1. The van der Waals surface area contributed by atoms with Crippen molar-refractivity contribution in [3.63, 3.8) is 0 Å². The van der Waals surface area contributed by atoms with E-state index in [1.54, 1.807) is 0 Å². The molecule has 3 N–H and O–H groups in total. The molecule has 0 aromatic heterocycles. The maximum atomic E-state index is 12.6. The van der Waals surface area contributed by atoms with E-state index < -0.39 is 10.4 Å². The first-order valence-corrected chi connectivity index (χ1v) is 10.00. The summed E-state index contributed by atoms with van der Waals surface area (Å²) in [6.45, 7) is 6.07. The van der Waals surface area contributed by atoms with Crippen molar-refractivity contribution in [2.75, 3.05) is 11.9 Å². The Hall–Kier alpha value is -1.36. The Morgan fingerprint density at radius 3 is 2.70 bits per heavy atom. The molecule has 5 radical (unpaired) electrons. The van der Waals surface area contributed by atoms with Crippen LogP contribution in [0.5, 0.6) is 0 Å². The second-order valence-corrected chi connectivity index (χ2v) is 8.49. The second kappa shape index (κ2) is 7.58. The van der Waals surface area contributed by atoms with Crippen LogP contribution in [0.2, 0.25) is 5.21 Å². The summed E-state index contributed by atoms with van der Waals surface area (Å²) in [4.78, 5) is 12.6. The number of aliphatic hydroxyl groups is 1. The minimum atomic E-state index is -0.632. The van der Waals surface area contributed by atoms with Crippen molar-refractivity contribution in [3.8, 4) is 0 Å². The number of rotatable bonds is 6. The molecule has 4 nitrogen and oxygen atoms in total. The van der Waals surface area contributed by atoms with Crippen LogP contribution in [0, 0.1) is 5.92 Å². The number of benzene rings is 1. The Morgan fingerprint density at radius 1 is 1.33 bits per heavy atom. The van der Waals surface area contributed by atoms with Gasteiger partial charge in [0.15, 0.2) is 0 Å². The molecule has 3 rings (SSSR count). The molecule has 0 bridgehead atoms. The molecule has 7 heteroatoms. The third-order valence-electron chi connectivity index (χ3n) is 6.00. The number of nitrogens with one attached hydrogen (secondary N) is 2. The second-order valence-electron chi connectivity index (χ2n) is 8.49. The zero-order valence-corrected chi connectivity index (χ0v) is 16.6. The number of carbonyl (C=O) groups is 1. The largest absolute Gasteiger partial charge is 0.394 e. The van der Waals surface area contributed by atoms with Crippen molar-refractivity contribution in [2.24, 2.45) is 5.92 Å². The van der Waals surface area contributed by atoms with Crippen LogP contribution in [0.4, 0.5) is 5.69 Å². The lowest BCUT2D eigenvalue weighted by Crippen LogP contribution is -2.50. The van der Waals surface area contributed by atoms with E-state index in [0.717, 1.165) is 36.1 Å². The summed E-state index contributed by atoms with van der Waals surface area (Å²) in [5.74, 6) is 0.0214. The van der Waals surface area contributed by atoms with Gasteiger partial charge in [0.1, 0.15) is 13.3 Å². The van der Waals surface area contributed by atoms with Crippen LogP contribution < -0.4 is 10.6 Å². The van der Waals surface area contributed by atoms with Gasteiger partial charge in [0, 0.05) is 5.69 Å². The third-order valence-corrected chi connectivity index (χ3v) is 6.00. The Morgan fingerprint density at radius 2 is 2.07 bits per heavy atom. The zero-order valence-electron chi connectivity index (χ0n) is 16.6. The molecule has 1 aromatic carbocycles. The number of hydrogen-bond acceptors (Lipinski definition) is 3. The minimum Gasteiger partial charge on any atom is -0.394 e. The van der Waals surface area contributed by atoms with Crippen molar-refractivity contribution >= 4 is 34.6 Å². The van der Waals surface area contributed by atoms with Gasteiger partial charge in [-0.15, -0.1) is 0 Å². The minimum absolute atomic E-state index is 0.0864. The summed E-state index contributed by atoms with van der Waals surface area (Å²) in [5, 5.41) is 14.9. The topological polar surface area (TPSA) is 61.4 Å². The van der Waals surface area contributed by atoms with Crippen molar-refractivity contribution in [1.82, 2.24) is 5.32 Å². The van der Waals surface area contributed by atoms with Gasteiger partial charge in [0.2, 0.25) is 5.91 Å². The van der Waals surface area contributed by atoms with Gasteiger partial charge >= 0.3 is 0 Å². The number of anilines is 1. The van der Waals surface area contributed by atoms with Gasteiger partial charge in [-0.2, -0.15) is 0 Å². The molecule has 0 aliphatic carbocycles. The van der Waals surface area contributed by atoms with Crippen LogP contribution >= 0.6 is 0 Å². The fourth-order valence-electron chi connectivity index (χ4n) is 4.04. The molecule has 2 aliphatic rings. The Balaban J connectivity index is 1.93. The molecular formula is C20H28B3N2O2. The zero-order chi connectivity index (χ0) is 19.8. The molecule has 1 fully saturated rings. The van der Waals surface area contributed by atoms with E-state index >= 15 is 0 Å². The number of amides is 1. The van der Waals surface area contributed by atoms with E-state index in [9.17, 15) is 9.90 Å². The number of unbranched alkanes of at least 4 members (excludes halogenated alkanes) is 1. The predicted octanol–water partition coefficient (Wildman–Crippen LogP) is 1.67. The van der Waals surface area contributed by atoms with Gasteiger partial charge in [-0.3, -0.25) is 4.79 Å². The van der Waals surface area contributed by atoms with Crippen LogP contribution in [0.1, 0.15) is 51.2 Å². The molecule has 2 aliphatic heterocycles. The van der Waals surface area contributed by atoms with Crippen molar-refractivity contribution in [3.05, 3.63) is 29.3 Å². The highest BCUT2D eigenvalue weighted by atomic mass is 16.3. The van der Waals surface area contributed by atoms with E-state index in [4.69, 9.17) is 15.7 Å². The Labute approximate surface area is 166 Å². The Kier molecular flexibility index (Phi) is 5.72. The van der Waals surface area contributed by atoms with Crippen LogP contribution in [-0.4, -0.2) is 52.7 Å². The van der Waals surface area contributed by atoms with Gasteiger partial charge in [0.25, 0.3) is 0 Å². The molecular weight excluding hydrogens is 333 g/mol. The maximum Gasteiger partial charge on any atom is 0.243 e. The quantitative estimate of drug-likeness (QED) is 0.676. The molecule has 1 aromatic rings. The van der Waals surface area contributed by atoms with Gasteiger partial charge in [-0.25, -0.2) is 0 Å². The fraction of sp³-hybridized carbons (Fsp3) is 0.650. The summed E-state index contributed by atoms with van der Waals surface area (Å²) in [7, 11) is 15.2. The first-order valence-electron chi connectivity index (χ1n) is 10.00. The maximum absolute atomic E-state index is 12.6. The van der Waals surface area contributed by atoms with E-state index in [1.165, 1.54) is 0 Å². The first-order chi connectivity index (χ1) is 12.7. The summed E-state index contributed by atoms with van der Waals surface area (Å²) in [6.07, 6.45) is 3.57. The molecule has 0 spiro atoms. The summed E-state index contributed by atoms with van der Waals surface area (Å²) >= 11 is 0. The van der Waals surface area contributed by atoms with Gasteiger partial charge in [-0.1, -0.05) is 68.2 Å². The number of aliphatic hydroxyl groups excluding tert-OH is 1.